The van der Waals surface area contributed by atoms with Crippen LogP contribution in [0.3, 0.4) is 0 Å². The normalized spacial score (nSPS) is 17.7. The Morgan fingerprint density at radius 2 is 0.589 bits per heavy atom. The molecule has 628 valence electrons. The molecule has 19 N–H and O–H groups in total. The van der Waals surface area contributed by atoms with Gasteiger partial charge in [0, 0.05) is 52.7 Å². The minimum Gasteiger partial charge on any atom is -0.677 e. The van der Waals surface area contributed by atoms with Crippen LogP contribution in [0.25, 0.3) is 28.7 Å². The van der Waals surface area contributed by atoms with Gasteiger partial charge in [0.25, 0.3) is 35.7 Å². The van der Waals surface area contributed by atoms with Gasteiger partial charge in [-0.25, -0.2) is 33.6 Å². The Labute approximate surface area is 747 Å². The topological polar surface area (TPSA) is 722 Å². The maximum atomic E-state index is 10.9. The van der Waals surface area contributed by atoms with E-state index >= 15 is 0 Å². The van der Waals surface area contributed by atoms with E-state index in [0.717, 1.165) is 65.5 Å². The molecule has 4 saturated carbocycles. The number of hydrogen-bond donors (Lipinski definition) is 14. The number of imide groups is 1. The number of carbonyl (C=O) groups excluding carboxylic acids is 4. The predicted molar refractivity (Wildman–Crippen MR) is 364 cm³/mol. The zero-order valence-corrected chi connectivity index (χ0v) is 77.0. The Kier molecular flexibility index (Phi) is 125. The van der Waals surface area contributed by atoms with Crippen molar-refractivity contribution in [3.8, 4) is 0 Å². The van der Waals surface area contributed by atoms with Crippen LogP contribution in [0.2, 0.25) is 0 Å². The predicted octanol–water partition coefficient (Wildman–Crippen LogP) is 6.60. The molecule has 5 rings (SSSR count). The summed E-state index contributed by atoms with van der Waals surface area (Å²) in [7, 11) is 9.75. The maximum Gasteiger partial charge on any atom is 2.00 e. The number of carboxylic acid groups (broad SMARTS) is 14. The second-order valence-electron chi connectivity index (χ2n) is 19.9. The van der Waals surface area contributed by atoms with Crippen molar-refractivity contribution in [2.75, 3.05) is 12.4 Å². The number of amides is 2. The standard InChI is InChI=1S/C8H7NO6.4C7H13N.C4H5ClO3.C3H6NO2.C2H3ClO2.3C2H2O4.4C2H4O2.2ClH.Cs.4Pt/c10-5-1-2-6(11)9(5)15-8(14)4-3-7(12)13;4*1-6-4-2-3-5-7(6)8;5-3(6)1-2-4(7)8;4-2-1-3(5)6;3-1-2(4)5;3*3-1(4)2(5)6;4*1-2(3)4;;;;;;;/h1-2H,3-4H2,(H,12,13);4*6-8H,1-5H2;1-2H2,(H,7,8);4H,1-2H2,(H,5,6);1H2,(H,4,5);3*(H,3,4)(H,5,6);4*1H3,(H,3,4);2*1H;;;;;/q;4*-2;;-1;;;;;;;;;;;+1;3*+2;+4/p-2/t;4*6-,7-;;;;;;;;;;;;;;;;;/m.1111................./s1. The molecule has 0 saturated heterocycles. The van der Waals surface area contributed by atoms with Gasteiger partial charge < -0.3 is 133 Å². The molecule has 107 heavy (non-hydrogen) atoms. The summed E-state index contributed by atoms with van der Waals surface area (Å²) in [6, 6.07) is 0.569. The number of nitrogens with zero attached hydrogens (tertiary/aromatic N) is 1. The van der Waals surface area contributed by atoms with Crippen LogP contribution in [0.1, 0.15) is 163 Å². The fourth-order valence-corrected chi connectivity index (χ4v) is 6.07. The number of aliphatic carboxylic acids is 14. The number of rotatable bonds is 10. The molecule has 2 amide bonds. The molecule has 39 nitrogen and oxygen atoms in total. The summed E-state index contributed by atoms with van der Waals surface area (Å²) in [6.45, 7) is 19.9. The molecule has 8 atom stereocenters. The summed E-state index contributed by atoms with van der Waals surface area (Å²) in [4.78, 5) is 176. The number of halogens is 4. The number of alkyl halides is 1. The summed E-state index contributed by atoms with van der Waals surface area (Å²) < 4.78 is 0. The zero-order chi connectivity index (χ0) is 83.7. The van der Waals surface area contributed by atoms with E-state index in [1.54, 1.807) is 0 Å². The molecule has 0 aromatic heterocycles. The first-order valence-corrected chi connectivity index (χ1v) is 35.9. The Morgan fingerprint density at radius 3 is 0.692 bits per heavy atom. The van der Waals surface area contributed by atoms with Gasteiger partial charge in [-0.2, -0.15) is 47.8 Å². The largest absolute Gasteiger partial charge is 2.00 e. The maximum absolute atomic E-state index is 10.9. The van der Waals surface area contributed by atoms with E-state index in [9.17, 15) is 38.4 Å². The van der Waals surface area contributed by atoms with Crippen LogP contribution in [0, 0.1) is 51.4 Å². The van der Waals surface area contributed by atoms with Crippen LogP contribution < -0.4 is 68.9 Å². The van der Waals surface area contributed by atoms with Gasteiger partial charge in [0.1, 0.15) is 5.88 Å². The number of hydrogen-bond acceptors (Lipinski definition) is 19. The molecular formula is C59H95Cl4CsN6O33Pt4. The molecule has 0 bridgehead atoms. The minimum atomic E-state index is -1.82. The fourth-order valence-electron chi connectivity index (χ4n) is 5.98. The average molecular weight is 2470 g/mol. The Bertz CT molecular complexity index is 2220. The molecule has 5 aliphatic rings. The van der Waals surface area contributed by atoms with Crippen LogP contribution >= 0.6 is 42.0 Å². The third-order valence-electron chi connectivity index (χ3n) is 10.7. The number of nitrogens with one attached hydrogen (secondary N) is 5. The molecule has 0 unspecified atom stereocenters. The molecule has 0 aromatic carbocycles. The molecule has 4 aliphatic carbocycles. The first-order valence-electron chi connectivity index (χ1n) is 29.4. The third-order valence-corrected chi connectivity index (χ3v) is 11.1. The van der Waals surface area contributed by atoms with Crippen molar-refractivity contribution in [2.45, 2.75) is 187 Å². The van der Waals surface area contributed by atoms with Crippen LogP contribution in [0.4, 0.5) is 0 Å². The van der Waals surface area contributed by atoms with Gasteiger partial charge >= 0.3 is 233 Å². The van der Waals surface area contributed by atoms with E-state index in [-0.39, 0.29) is 193 Å². The van der Waals surface area contributed by atoms with Crippen molar-refractivity contribution in [1.29, 1.82) is 0 Å². The van der Waals surface area contributed by atoms with E-state index in [4.69, 9.17) is 190 Å². The smallest absolute Gasteiger partial charge is 0.677 e. The first-order chi connectivity index (χ1) is 47.2. The van der Waals surface area contributed by atoms with Crippen LogP contribution in [0.15, 0.2) is 12.2 Å². The van der Waals surface area contributed by atoms with Gasteiger partial charge in [-0.15, -0.1) is 18.1 Å². The third kappa shape index (κ3) is 145. The van der Waals surface area contributed by atoms with E-state index in [2.05, 4.69) is 32.5 Å². The molecule has 0 spiro atoms. The van der Waals surface area contributed by atoms with Crippen LogP contribution in [-0.4, -0.2) is 220 Å². The summed E-state index contributed by atoms with van der Waals surface area (Å²) in [5.41, 5.74) is 36.0. The van der Waals surface area contributed by atoms with E-state index < -0.39 is 136 Å². The second-order valence-corrected chi connectivity index (χ2v) is 23.9. The van der Waals surface area contributed by atoms with Crippen molar-refractivity contribution >= 4 is 149 Å². The Morgan fingerprint density at radius 1 is 0.411 bits per heavy atom. The van der Waals surface area contributed by atoms with Gasteiger partial charge in [-0.05, 0) is 11.6 Å². The van der Waals surface area contributed by atoms with Crippen molar-refractivity contribution < 1.29 is 311 Å². The van der Waals surface area contributed by atoms with Crippen molar-refractivity contribution in [3.05, 3.63) is 68.5 Å². The first kappa shape index (κ1) is 139. The Hall–Kier alpha value is -3.63. The molecule has 1 aliphatic heterocycles. The monoisotopic (exact) mass is 2470 g/mol. The summed E-state index contributed by atoms with van der Waals surface area (Å²) >= 11 is 9.08. The van der Waals surface area contributed by atoms with Crippen LogP contribution in [-0.2, 0) is 171 Å². The summed E-state index contributed by atoms with van der Waals surface area (Å²) in [5.74, 6) is -19.4. The van der Waals surface area contributed by atoms with Crippen LogP contribution in [0.5, 0.6) is 0 Å². The van der Waals surface area contributed by atoms with E-state index in [0.29, 0.717) is 23.7 Å². The number of carboxylic acids is 14. The molecular weight excluding hydrogens is 2380 g/mol. The van der Waals surface area contributed by atoms with E-state index in [1.807, 2.05) is 0 Å². The SMILES string of the molecule is CC(=O)O.CC(=O)O.CC(=O)O.CC(=O)O.O=C(O)C(=O)O.O=C(O)C(=O)O.O=C(O)C(=O)O.O=C(O)CCC(=O)Cl.O=C(O)CCC(=O)ON1C(=O)C=CC1=O.O=C(O)CCl.[CH2-][C@@H]1CCCC[C@H]1[NH-].[CH2-][C@@H]1CCCC[C@H]1[NH-].[CH2-][C@@H]1CCCC[C@H]1[NH-].[CH2-][C@@H]1CCCC[C@H]1[NH-].[Cl][Pt+2][Cl].[Cs+].[NH-]CCC(=O)O.[Pt+2].[Pt+2].[Pt+2]. The minimum absolute atomic E-state index is 0. The summed E-state index contributed by atoms with van der Waals surface area (Å²) in [6.07, 6.45) is 20.0. The number of hydroxylamine groups is 2. The average Bonchev–Trinajstić information content (AvgIpc) is 1.73. The van der Waals surface area contributed by atoms with Gasteiger partial charge in [0.15, 0.2) is 0 Å². The second kappa shape index (κ2) is 96.6. The van der Waals surface area contributed by atoms with Gasteiger partial charge in [0.05, 0.1) is 19.3 Å². The van der Waals surface area contributed by atoms with E-state index in [1.165, 1.54) is 77.0 Å². The van der Waals surface area contributed by atoms with Crippen molar-refractivity contribution in [2.24, 2.45) is 23.7 Å². The quantitative estimate of drug-likeness (QED) is 0.0360. The zero-order valence-electron chi connectivity index (χ0n) is 58.6. The van der Waals surface area contributed by atoms with Crippen molar-refractivity contribution in [1.82, 2.24) is 5.06 Å². The molecule has 48 heteroatoms. The van der Waals surface area contributed by atoms with Gasteiger partial charge in [-0.1, -0.05) is 108 Å². The molecule has 0 radical (unpaired) electrons. The summed E-state index contributed by atoms with van der Waals surface area (Å²) in [5, 5.41) is 105. The number of carbonyl (C=O) groups is 18. The van der Waals surface area contributed by atoms with Gasteiger partial charge in [0.2, 0.25) is 5.24 Å². The molecule has 1 heterocycles. The van der Waals surface area contributed by atoms with Crippen molar-refractivity contribution in [3.63, 3.8) is 0 Å². The Balaban J connectivity index is -0.0000000658. The fraction of sp³-hybridized carbons (Fsp3) is 0.593. The molecule has 0 aromatic rings. The van der Waals surface area contributed by atoms with Gasteiger partial charge in [-0.3, -0.25) is 52.7 Å². The molecule has 4 fully saturated rings.